The lowest BCUT2D eigenvalue weighted by atomic mass is 10.1. The maximum absolute atomic E-state index is 10.6. The molecule has 122 valence electrons. The molecule has 0 radical (unpaired) electrons. The Morgan fingerprint density at radius 3 is 1.96 bits per heavy atom. The minimum atomic E-state index is -0.955. The Balaban J connectivity index is 0.000000277. The average molecular weight is 332 g/mol. The minimum absolute atomic E-state index is 0.186. The molecule has 0 aromatic heterocycles. The van der Waals surface area contributed by atoms with Crippen LogP contribution in [0.4, 0.5) is 0 Å². The average Bonchev–Trinajstić information content (AvgIpc) is 2.61. The SMILES string of the molecule is C=C(C(=O)O)C(C)NCc1ccccc1.ClCc1ccccc1. The Labute approximate surface area is 142 Å². The molecule has 0 aliphatic heterocycles. The number of carbonyl (C=O) groups is 1. The molecule has 0 amide bonds. The van der Waals surface area contributed by atoms with Gasteiger partial charge in [-0.2, -0.15) is 0 Å². The van der Waals surface area contributed by atoms with Gasteiger partial charge >= 0.3 is 5.97 Å². The Morgan fingerprint density at radius 2 is 1.57 bits per heavy atom. The first-order valence-corrected chi connectivity index (χ1v) is 7.87. The molecule has 0 saturated heterocycles. The third-order valence-corrected chi connectivity index (χ3v) is 3.56. The summed E-state index contributed by atoms with van der Waals surface area (Å²) in [5.41, 5.74) is 2.49. The summed E-state index contributed by atoms with van der Waals surface area (Å²) in [5.74, 6) is -0.344. The zero-order chi connectivity index (χ0) is 17.1. The predicted molar refractivity (Wildman–Crippen MR) is 95.5 cm³/mol. The van der Waals surface area contributed by atoms with Crippen molar-refractivity contribution in [2.75, 3.05) is 0 Å². The lowest BCUT2D eigenvalue weighted by Gasteiger charge is -2.13. The van der Waals surface area contributed by atoms with Crippen molar-refractivity contribution in [3.05, 3.63) is 83.9 Å². The second-order valence-corrected chi connectivity index (χ2v) is 5.31. The van der Waals surface area contributed by atoms with Crippen molar-refractivity contribution < 1.29 is 9.90 Å². The van der Waals surface area contributed by atoms with Crippen molar-refractivity contribution in [3.63, 3.8) is 0 Å². The summed E-state index contributed by atoms with van der Waals surface area (Å²) in [5, 5.41) is 11.8. The number of nitrogens with one attached hydrogen (secondary N) is 1. The van der Waals surface area contributed by atoms with Crippen LogP contribution < -0.4 is 5.32 Å². The summed E-state index contributed by atoms with van der Waals surface area (Å²) < 4.78 is 0. The molecule has 2 N–H and O–H groups in total. The largest absolute Gasteiger partial charge is 0.478 e. The van der Waals surface area contributed by atoms with E-state index in [1.165, 1.54) is 5.56 Å². The van der Waals surface area contributed by atoms with Gasteiger partial charge in [0.15, 0.2) is 0 Å². The van der Waals surface area contributed by atoms with Gasteiger partial charge in [-0.1, -0.05) is 67.2 Å². The number of halogens is 1. The van der Waals surface area contributed by atoms with Crippen molar-refractivity contribution in [2.24, 2.45) is 0 Å². The highest BCUT2D eigenvalue weighted by Crippen LogP contribution is 2.02. The van der Waals surface area contributed by atoms with E-state index < -0.39 is 5.97 Å². The summed E-state index contributed by atoms with van der Waals surface area (Å²) >= 11 is 5.53. The highest BCUT2D eigenvalue weighted by Gasteiger charge is 2.12. The third-order valence-electron chi connectivity index (χ3n) is 3.25. The highest BCUT2D eigenvalue weighted by molar-refractivity contribution is 6.17. The molecule has 2 aromatic carbocycles. The number of carboxylic acid groups (broad SMARTS) is 1. The first-order valence-electron chi connectivity index (χ1n) is 7.34. The highest BCUT2D eigenvalue weighted by atomic mass is 35.5. The van der Waals surface area contributed by atoms with Gasteiger partial charge in [-0.3, -0.25) is 0 Å². The molecule has 0 bridgehead atoms. The van der Waals surface area contributed by atoms with Crippen molar-refractivity contribution in [1.29, 1.82) is 0 Å². The zero-order valence-corrected chi connectivity index (χ0v) is 14.0. The third kappa shape index (κ3) is 7.63. The standard InChI is InChI=1S/C12H15NO2.C7H7Cl/c1-9(12(14)15)10(2)13-8-11-6-4-3-5-7-11;8-6-7-4-2-1-3-5-7/h3-7,10,13H,1,8H2,2H3,(H,14,15);1-5H,6H2. The maximum Gasteiger partial charge on any atom is 0.332 e. The van der Waals surface area contributed by atoms with E-state index in [-0.39, 0.29) is 11.6 Å². The Kier molecular flexibility index (Phi) is 8.73. The Bertz CT molecular complexity index is 599. The summed E-state index contributed by atoms with van der Waals surface area (Å²) in [4.78, 5) is 10.6. The van der Waals surface area contributed by atoms with Gasteiger partial charge in [0.1, 0.15) is 0 Å². The molecular weight excluding hydrogens is 310 g/mol. The van der Waals surface area contributed by atoms with Gasteiger partial charge in [0.2, 0.25) is 0 Å². The van der Waals surface area contributed by atoms with Gasteiger partial charge < -0.3 is 10.4 Å². The smallest absolute Gasteiger partial charge is 0.332 e. The van der Waals surface area contributed by atoms with Crippen LogP contribution in [0.5, 0.6) is 0 Å². The molecule has 0 fully saturated rings. The van der Waals surface area contributed by atoms with Crippen LogP contribution in [-0.2, 0) is 17.2 Å². The quantitative estimate of drug-likeness (QED) is 0.615. The van der Waals surface area contributed by atoms with E-state index >= 15 is 0 Å². The van der Waals surface area contributed by atoms with Gasteiger partial charge in [0, 0.05) is 24.0 Å². The molecule has 4 heteroatoms. The predicted octanol–water partition coefficient (Wildman–Crippen LogP) is 4.23. The molecule has 0 saturated carbocycles. The summed E-state index contributed by atoms with van der Waals surface area (Å²) in [6.45, 7) is 5.94. The van der Waals surface area contributed by atoms with Crippen LogP contribution in [0.25, 0.3) is 0 Å². The first-order chi connectivity index (χ1) is 11.0. The second kappa shape index (κ2) is 10.6. The van der Waals surface area contributed by atoms with E-state index in [0.29, 0.717) is 12.4 Å². The van der Waals surface area contributed by atoms with Crippen molar-refractivity contribution in [2.45, 2.75) is 25.4 Å². The molecule has 0 aliphatic rings. The molecule has 1 atom stereocenters. The number of hydrogen-bond acceptors (Lipinski definition) is 2. The number of rotatable bonds is 6. The van der Waals surface area contributed by atoms with E-state index in [9.17, 15) is 4.79 Å². The Morgan fingerprint density at radius 1 is 1.09 bits per heavy atom. The molecule has 0 heterocycles. The molecule has 0 spiro atoms. The molecule has 0 aliphatic carbocycles. The minimum Gasteiger partial charge on any atom is -0.478 e. The van der Waals surface area contributed by atoms with Crippen molar-refractivity contribution >= 4 is 17.6 Å². The Hall–Kier alpha value is -2.10. The number of carboxylic acids is 1. The molecular formula is C19H22ClNO2. The van der Waals surface area contributed by atoms with Gasteiger partial charge in [-0.05, 0) is 18.1 Å². The molecule has 2 rings (SSSR count). The van der Waals surface area contributed by atoms with Gasteiger partial charge in [0.25, 0.3) is 0 Å². The zero-order valence-electron chi connectivity index (χ0n) is 13.2. The van der Waals surface area contributed by atoms with Crippen molar-refractivity contribution in [3.8, 4) is 0 Å². The van der Waals surface area contributed by atoms with E-state index in [1.54, 1.807) is 6.92 Å². The van der Waals surface area contributed by atoms with Crippen molar-refractivity contribution in [1.82, 2.24) is 5.32 Å². The normalized spacial score (nSPS) is 11.0. The summed E-state index contributed by atoms with van der Waals surface area (Å²) in [6.07, 6.45) is 0. The molecule has 2 aromatic rings. The van der Waals surface area contributed by atoms with E-state index in [0.717, 1.165) is 5.56 Å². The van der Waals surface area contributed by atoms with Gasteiger partial charge in [-0.15, -0.1) is 11.6 Å². The number of alkyl halides is 1. The lowest BCUT2D eigenvalue weighted by Crippen LogP contribution is -2.30. The monoisotopic (exact) mass is 331 g/mol. The van der Waals surface area contributed by atoms with Crippen LogP contribution in [0.2, 0.25) is 0 Å². The topological polar surface area (TPSA) is 49.3 Å². The second-order valence-electron chi connectivity index (χ2n) is 5.04. The summed E-state index contributed by atoms with van der Waals surface area (Å²) in [6, 6.07) is 19.6. The van der Waals surface area contributed by atoms with Gasteiger partial charge in [-0.25, -0.2) is 4.79 Å². The maximum atomic E-state index is 10.6. The molecule has 1 unspecified atom stereocenters. The van der Waals surface area contributed by atoms with Crippen LogP contribution in [0.15, 0.2) is 72.8 Å². The van der Waals surface area contributed by atoms with E-state index in [2.05, 4.69) is 11.9 Å². The lowest BCUT2D eigenvalue weighted by molar-refractivity contribution is -0.132. The van der Waals surface area contributed by atoms with Crippen LogP contribution in [0.3, 0.4) is 0 Å². The first kappa shape index (κ1) is 18.9. The fourth-order valence-electron chi connectivity index (χ4n) is 1.74. The van der Waals surface area contributed by atoms with Crippen LogP contribution in [0, 0.1) is 0 Å². The molecule has 23 heavy (non-hydrogen) atoms. The number of hydrogen-bond donors (Lipinski definition) is 2. The van der Waals surface area contributed by atoms with Crippen LogP contribution in [-0.4, -0.2) is 17.1 Å². The van der Waals surface area contributed by atoms with E-state index in [1.807, 2.05) is 60.7 Å². The molecule has 3 nitrogen and oxygen atoms in total. The number of aliphatic carboxylic acids is 1. The number of benzene rings is 2. The fraction of sp³-hybridized carbons (Fsp3) is 0.211. The van der Waals surface area contributed by atoms with Gasteiger partial charge in [0.05, 0.1) is 0 Å². The van der Waals surface area contributed by atoms with Crippen LogP contribution >= 0.6 is 11.6 Å². The van der Waals surface area contributed by atoms with E-state index in [4.69, 9.17) is 16.7 Å². The summed E-state index contributed by atoms with van der Waals surface area (Å²) in [7, 11) is 0. The van der Waals surface area contributed by atoms with Crippen LogP contribution in [0.1, 0.15) is 18.1 Å². The fourth-order valence-corrected chi connectivity index (χ4v) is 1.92.